The molecule has 31 heavy (non-hydrogen) atoms. The third-order valence-corrected chi connectivity index (χ3v) is 7.58. The fraction of sp³-hybridized carbons (Fsp3) is 0.238. The Morgan fingerprint density at radius 1 is 1.16 bits per heavy atom. The van der Waals surface area contributed by atoms with Gasteiger partial charge in [0.2, 0.25) is 10.0 Å². The third-order valence-electron chi connectivity index (χ3n) is 4.77. The van der Waals surface area contributed by atoms with Crippen molar-refractivity contribution < 1.29 is 22.3 Å². The van der Waals surface area contributed by atoms with E-state index in [4.69, 9.17) is 4.74 Å². The average Bonchev–Trinajstić information content (AvgIpc) is 3.22. The maximum atomic E-state index is 13.0. The van der Waals surface area contributed by atoms with E-state index in [9.17, 15) is 17.6 Å². The van der Waals surface area contributed by atoms with Crippen LogP contribution in [0.2, 0.25) is 0 Å². The molecule has 1 N–H and O–H groups in total. The highest BCUT2D eigenvalue weighted by Gasteiger charge is 2.27. The van der Waals surface area contributed by atoms with Gasteiger partial charge in [0.25, 0.3) is 5.91 Å². The van der Waals surface area contributed by atoms with Crippen molar-refractivity contribution in [3.63, 3.8) is 0 Å². The number of nitrogens with zero attached hydrogens (tertiary/aromatic N) is 2. The van der Waals surface area contributed by atoms with Crippen molar-refractivity contribution in [3.05, 3.63) is 76.5 Å². The lowest BCUT2D eigenvalue weighted by atomic mass is 10.1. The smallest absolute Gasteiger partial charge is 0.257 e. The maximum Gasteiger partial charge on any atom is 0.257 e. The van der Waals surface area contributed by atoms with E-state index in [1.807, 2.05) is 0 Å². The number of amides is 1. The first-order chi connectivity index (χ1) is 14.9. The number of carbonyl (C=O) groups excluding carboxylic acids is 1. The van der Waals surface area contributed by atoms with Crippen LogP contribution in [0.25, 0.3) is 0 Å². The molecule has 0 bridgehead atoms. The zero-order chi connectivity index (χ0) is 21.8. The van der Waals surface area contributed by atoms with Gasteiger partial charge in [-0.25, -0.2) is 17.8 Å². The number of ether oxygens (including phenoxy) is 1. The van der Waals surface area contributed by atoms with Crippen LogP contribution < -0.4 is 5.32 Å². The van der Waals surface area contributed by atoms with Crippen molar-refractivity contribution >= 4 is 32.4 Å². The Balaban J connectivity index is 1.45. The summed E-state index contributed by atoms with van der Waals surface area (Å²) in [6.07, 6.45) is 2.23. The van der Waals surface area contributed by atoms with Gasteiger partial charge >= 0.3 is 0 Å². The van der Waals surface area contributed by atoms with E-state index >= 15 is 0 Å². The molecule has 4 rings (SSSR count). The molecule has 1 aromatic heterocycles. The van der Waals surface area contributed by atoms with Gasteiger partial charge in [-0.15, -0.1) is 11.3 Å². The van der Waals surface area contributed by atoms with Crippen molar-refractivity contribution in [1.29, 1.82) is 0 Å². The van der Waals surface area contributed by atoms with Crippen molar-refractivity contribution in [2.24, 2.45) is 0 Å². The summed E-state index contributed by atoms with van der Waals surface area (Å²) in [5.74, 6) is -0.736. The summed E-state index contributed by atoms with van der Waals surface area (Å²) in [7, 11) is -3.69. The minimum Gasteiger partial charge on any atom is -0.379 e. The Hall–Kier alpha value is -2.66. The van der Waals surface area contributed by atoms with Gasteiger partial charge in [-0.3, -0.25) is 10.1 Å². The monoisotopic (exact) mass is 461 g/mol. The van der Waals surface area contributed by atoms with Crippen LogP contribution in [0.4, 0.5) is 9.52 Å². The molecule has 3 aromatic rings. The van der Waals surface area contributed by atoms with Crippen LogP contribution in [0.5, 0.6) is 0 Å². The first kappa shape index (κ1) is 21.6. The number of nitrogens with one attached hydrogen (secondary N) is 1. The number of sulfonamides is 1. The number of hydrogen-bond donors (Lipinski definition) is 1. The fourth-order valence-corrected chi connectivity index (χ4v) is 5.45. The first-order valence-electron chi connectivity index (χ1n) is 9.60. The van der Waals surface area contributed by atoms with Crippen LogP contribution in [0.15, 0.2) is 59.6 Å². The Bertz CT molecular complexity index is 1170. The second-order valence-corrected chi connectivity index (χ2v) is 9.99. The van der Waals surface area contributed by atoms with Gasteiger partial charge in [-0.2, -0.15) is 4.31 Å². The molecule has 7 nitrogen and oxygen atoms in total. The molecular formula is C21H20FN3O4S2. The lowest BCUT2D eigenvalue weighted by Gasteiger charge is -2.26. The number of carbonyl (C=O) groups is 1. The van der Waals surface area contributed by atoms with Gasteiger partial charge in [0, 0.05) is 36.1 Å². The molecule has 0 atom stereocenters. The summed E-state index contributed by atoms with van der Waals surface area (Å²) in [4.78, 5) is 17.8. The molecule has 0 aliphatic carbocycles. The summed E-state index contributed by atoms with van der Waals surface area (Å²) in [6, 6.07) is 12.2. The van der Waals surface area contributed by atoms with Crippen molar-refractivity contribution in [1.82, 2.24) is 9.29 Å². The third kappa shape index (κ3) is 5.16. The van der Waals surface area contributed by atoms with Gasteiger partial charge in [0.1, 0.15) is 5.82 Å². The fourth-order valence-electron chi connectivity index (χ4n) is 3.15. The van der Waals surface area contributed by atoms with Crippen LogP contribution in [0, 0.1) is 5.82 Å². The molecule has 1 aliphatic heterocycles. The Morgan fingerprint density at radius 2 is 1.90 bits per heavy atom. The number of thiazole rings is 1. The van der Waals surface area contributed by atoms with Gasteiger partial charge in [0.05, 0.1) is 18.1 Å². The van der Waals surface area contributed by atoms with Gasteiger partial charge in [-0.1, -0.05) is 18.2 Å². The van der Waals surface area contributed by atoms with E-state index in [2.05, 4.69) is 10.3 Å². The molecule has 0 radical (unpaired) electrons. The van der Waals surface area contributed by atoms with E-state index in [1.165, 1.54) is 39.9 Å². The van der Waals surface area contributed by atoms with E-state index in [-0.39, 0.29) is 29.4 Å². The highest BCUT2D eigenvalue weighted by molar-refractivity contribution is 7.89. The molecule has 0 spiro atoms. The van der Waals surface area contributed by atoms with Crippen molar-refractivity contribution in [3.8, 4) is 0 Å². The number of benzene rings is 2. The van der Waals surface area contributed by atoms with Crippen molar-refractivity contribution in [2.75, 3.05) is 31.6 Å². The summed E-state index contributed by atoms with van der Waals surface area (Å²) < 4.78 is 45.3. The molecule has 1 amide bonds. The lowest BCUT2D eigenvalue weighted by Crippen LogP contribution is -2.40. The second-order valence-electron chi connectivity index (χ2n) is 6.93. The minimum absolute atomic E-state index is 0.0678. The molecule has 1 aliphatic rings. The minimum atomic E-state index is -3.69. The van der Waals surface area contributed by atoms with Crippen LogP contribution in [-0.2, 0) is 21.2 Å². The highest BCUT2D eigenvalue weighted by atomic mass is 32.2. The Morgan fingerprint density at radius 3 is 2.65 bits per heavy atom. The highest BCUT2D eigenvalue weighted by Crippen LogP contribution is 2.23. The zero-order valence-electron chi connectivity index (χ0n) is 16.5. The average molecular weight is 462 g/mol. The summed E-state index contributed by atoms with van der Waals surface area (Å²) >= 11 is 1.31. The van der Waals surface area contributed by atoms with Gasteiger partial charge in [0.15, 0.2) is 5.13 Å². The number of morpholine rings is 1. The predicted octanol–water partition coefficient (Wildman–Crippen LogP) is 3.15. The zero-order valence-corrected chi connectivity index (χ0v) is 18.1. The number of hydrogen-bond acceptors (Lipinski definition) is 6. The van der Waals surface area contributed by atoms with Crippen LogP contribution in [0.3, 0.4) is 0 Å². The summed E-state index contributed by atoms with van der Waals surface area (Å²) in [5, 5.41) is 3.12. The summed E-state index contributed by atoms with van der Waals surface area (Å²) in [5.41, 5.74) is 1.16. The number of rotatable bonds is 6. The van der Waals surface area contributed by atoms with Crippen LogP contribution in [0.1, 0.15) is 20.8 Å². The van der Waals surface area contributed by atoms with Gasteiger partial charge < -0.3 is 4.74 Å². The molecule has 0 unspecified atom stereocenters. The first-order valence-corrected chi connectivity index (χ1v) is 11.9. The predicted molar refractivity (Wildman–Crippen MR) is 115 cm³/mol. The largest absolute Gasteiger partial charge is 0.379 e. The molecule has 1 fully saturated rings. The SMILES string of the molecule is O=C(Nc1ncc(Cc2ccc(F)cc2)s1)c1cccc(S(=O)(=O)N2CCOCC2)c1. The quantitative estimate of drug-likeness (QED) is 0.609. The molecule has 0 saturated carbocycles. The van der Waals surface area contributed by atoms with E-state index in [1.54, 1.807) is 30.5 Å². The Labute approximate surface area is 183 Å². The second kappa shape index (κ2) is 9.23. The molecule has 2 heterocycles. The van der Waals surface area contributed by atoms with Crippen LogP contribution >= 0.6 is 11.3 Å². The van der Waals surface area contributed by atoms with Crippen LogP contribution in [-0.4, -0.2) is 49.9 Å². The maximum absolute atomic E-state index is 13.0. The topological polar surface area (TPSA) is 88.6 Å². The van der Waals surface area contributed by atoms with Gasteiger partial charge in [-0.05, 0) is 35.9 Å². The number of anilines is 1. The van der Waals surface area contributed by atoms with E-state index in [0.717, 1.165) is 10.4 Å². The van der Waals surface area contributed by atoms with E-state index in [0.29, 0.717) is 24.8 Å². The van der Waals surface area contributed by atoms with E-state index < -0.39 is 15.9 Å². The number of aromatic nitrogens is 1. The molecule has 10 heteroatoms. The van der Waals surface area contributed by atoms with Crippen molar-refractivity contribution in [2.45, 2.75) is 11.3 Å². The lowest BCUT2D eigenvalue weighted by molar-refractivity contribution is 0.0730. The number of halogens is 1. The summed E-state index contributed by atoms with van der Waals surface area (Å²) in [6.45, 7) is 1.27. The molecule has 162 valence electrons. The molecule has 1 saturated heterocycles. The Kier molecular flexibility index (Phi) is 6.42. The standard InChI is InChI=1S/C21H20FN3O4S2/c22-17-6-4-15(5-7-17)12-18-14-23-21(30-18)24-20(26)16-2-1-3-19(13-16)31(27,28)25-8-10-29-11-9-25/h1-7,13-14H,8-12H2,(H,23,24,26). The molecule has 2 aromatic carbocycles. The normalized spacial score (nSPS) is 15.0. The molecular weight excluding hydrogens is 441 g/mol.